The molecule has 3 heterocycles. The molecule has 1 radical (unpaired) electrons. The van der Waals surface area contributed by atoms with Crippen molar-refractivity contribution in [1.29, 1.82) is 0 Å². The van der Waals surface area contributed by atoms with Crippen LogP contribution in [-0.4, -0.2) is 17.0 Å². The van der Waals surface area contributed by atoms with Crippen LogP contribution < -0.4 is 4.98 Å². The second-order valence-electron chi connectivity index (χ2n) is 14.4. The number of benzene rings is 8. The minimum Gasteiger partial charge on any atom is -0.663 e. The summed E-state index contributed by atoms with van der Waals surface area (Å²) in [5.41, 5.74) is 12.5. The Balaban J connectivity index is 0.000000145. The number of rotatable bonds is 3. The Kier molecular flexibility index (Phi) is 8.83. The van der Waals surface area contributed by atoms with Crippen molar-refractivity contribution in [1.82, 2.24) is 9.97 Å². The van der Waals surface area contributed by atoms with Crippen LogP contribution in [0.3, 0.4) is 0 Å². The molecule has 8 aromatic carbocycles. The average Bonchev–Trinajstić information content (AvgIpc) is 3.88. The molecule has 1 aliphatic carbocycles. The summed E-state index contributed by atoms with van der Waals surface area (Å²) >= 11 is 0. The second-order valence-corrected chi connectivity index (χ2v) is 14.4. The summed E-state index contributed by atoms with van der Waals surface area (Å²) in [4.78, 5) is 27.7. The summed E-state index contributed by atoms with van der Waals surface area (Å²) in [5.74, 6) is 0.0638. The Morgan fingerprint density at radius 2 is 1.22 bits per heavy atom. The van der Waals surface area contributed by atoms with Gasteiger partial charge in [-0.05, 0) is 90.6 Å². The molecule has 0 N–H and O–H groups in total. The third-order valence-corrected chi connectivity index (χ3v) is 11.1. The van der Waals surface area contributed by atoms with Crippen LogP contribution in [0.15, 0.2) is 187 Å². The van der Waals surface area contributed by atoms with Crippen LogP contribution in [0, 0.1) is 6.07 Å². The first-order valence-corrected chi connectivity index (χ1v) is 19.0. The molecule has 0 spiro atoms. The normalized spacial score (nSPS) is 13.2. The molecule has 0 saturated heterocycles. The van der Waals surface area contributed by atoms with Gasteiger partial charge in [0, 0.05) is 54.0 Å². The van der Waals surface area contributed by atoms with Crippen molar-refractivity contribution in [2.75, 3.05) is 0 Å². The maximum atomic E-state index is 13.0. The molecule has 0 amide bonds. The predicted molar refractivity (Wildman–Crippen MR) is 234 cm³/mol. The fourth-order valence-corrected chi connectivity index (χ4v) is 8.38. The Labute approximate surface area is 348 Å². The Morgan fingerprint density at radius 1 is 0.552 bits per heavy atom. The molecule has 0 unspecified atom stereocenters. The third kappa shape index (κ3) is 5.92. The summed E-state index contributed by atoms with van der Waals surface area (Å²) in [7, 11) is 0. The minimum atomic E-state index is 0. The maximum absolute atomic E-state index is 13.0. The average molecular weight is 918 g/mol. The minimum absolute atomic E-state index is 0. The zero-order valence-corrected chi connectivity index (χ0v) is 33.4. The summed E-state index contributed by atoms with van der Waals surface area (Å²) in [6.07, 6.45) is 3.97. The molecule has 2 aliphatic rings. The molecule has 2 aromatic heterocycles. The Morgan fingerprint density at radius 3 is 2.00 bits per heavy atom. The van der Waals surface area contributed by atoms with Crippen molar-refractivity contribution in [3.63, 3.8) is 0 Å². The van der Waals surface area contributed by atoms with Crippen LogP contribution in [0.5, 0.6) is 0 Å². The van der Waals surface area contributed by atoms with Gasteiger partial charge in [-0.2, -0.15) is 6.20 Å². The molecule has 0 fully saturated rings. The Hall–Kier alpha value is -7.04. The topological polar surface area (TPSA) is 56.4 Å². The summed E-state index contributed by atoms with van der Waals surface area (Å²) in [5, 5.41) is 8.15. The van der Waals surface area contributed by atoms with Gasteiger partial charge in [0.25, 0.3) is 0 Å². The van der Waals surface area contributed by atoms with Gasteiger partial charge in [0.2, 0.25) is 0 Å². The molecular weight excluding hydrogens is 887 g/mol. The van der Waals surface area contributed by atoms with E-state index in [-0.39, 0.29) is 25.9 Å². The van der Waals surface area contributed by atoms with Crippen LogP contribution in [-0.2, 0) is 20.1 Å². The van der Waals surface area contributed by atoms with Gasteiger partial charge in [0.1, 0.15) is 0 Å². The molecule has 0 saturated carbocycles. The van der Waals surface area contributed by atoms with Crippen LogP contribution in [0.25, 0.3) is 76.9 Å². The number of nitrogens with zero attached hydrogens (tertiary/aromatic N) is 3. The number of hydrogen-bond acceptors (Lipinski definition) is 3. The van der Waals surface area contributed by atoms with Gasteiger partial charge in [0.05, 0.1) is 11.2 Å². The third-order valence-electron chi connectivity index (χ3n) is 11.1. The number of pyridine rings is 1. The number of fused-ring (bicyclic) bond motifs is 6. The first-order chi connectivity index (χ1) is 28.2. The molecule has 10 aromatic rings. The van der Waals surface area contributed by atoms with Crippen molar-refractivity contribution >= 4 is 66.5 Å². The summed E-state index contributed by atoms with van der Waals surface area (Å²) in [6, 6.07) is 63.1. The summed E-state index contributed by atoms with van der Waals surface area (Å²) in [6.45, 7) is 0. The molecule has 0 atom stereocenters. The SMILES string of the molecule is C1=N/C(=C(/c2ccccc2)c2[n-]cc3cc4ccccc4cc23)c2cc3ccccc3cc21.O=C1c2ccccc2-c2cccc3nc(-c4[c-]cccc4)cc1c23.[Ir]. The van der Waals surface area contributed by atoms with Gasteiger partial charge in [-0.3, -0.25) is 14.8 Å². The molecule has 5 heteroatoms. The van der Waals surface area contributed by atoms with E-state index in [1.807, 2.05) is 79.1 Å². The predicted octanol–water partition coefficient (Wildman–Crippen LogP) is 12.4. The van der Waals surface area contributed by atoms with Crippen LogP contribution in [0.2, 0.25) is 0 Å². The molecule has 1 aliphatic heterocycles. The van der Waals surface area contributed by atoms with Crippen LogP contribution in [0.1, 0.15) is 38.3 Å². The number of carbonyl (C=O) groups is 1. The number of carbonyl (C=O) groups excluding carboxylic acids is 1. The van der Waals surface area contributed by atoms with Crippen LogP contribution >= 0.6 is 0 Å². The monoisotopic (exact) mass is 918 g/mol. The van der Waals surface area contributed by atoms with E-state index < -0.39 is 0 Å². The number of ketones is 1. The largest absolute Gasteiger partial charge is 0.663 e. The number of hydrogen-bond donors (Lipinski definition) is 0. The van der Waals surface area contributed by atoms with E-state index in [9.17, 15) is 4.79 Å². The Bertz CT molecular complexity index is 3310. The van der Waals surface area contributed by atoms with Gasteiger partial charge in [0.15, 0.2) is 5.78 Å². The quantitative estimate of drug-likeness (QED) is 0.166. The molecule has 0 bridgehead atoms. The molecule has 58 heavy (non-hydrogen) atoms. The van der Waals surface area contributed by atoms with Crippen molar-refractivity contribution in [3.8, 4) is 22.4 Å². The molecule has 4 nitrogen and oxygen atoms in total. The number of aliphatic imine (C=N–C) groups is 1. The number of aromatic nitrogens is 2. The van der Waals surface area contributed by atoms with Gasteiger partial charge < -0.3 is 4.98 Å². The van der Waals surface area contributed by atoms with E-state index in [4.69, 9.17) is 15.0 Å². The van der Waals surface area contributed by atoms with E-state index in [1.165, 1.54) is 21.5 Å². The fraction of sp³-hybridized carbons (Fsp3) is 0. The molecule has 275 valence electrons. The fourth-order valence-electron chi connectivity index (χ4n) is 8.38. The summed E-state index contributed by atoms with van der Waals surface area (Å²) < 4.78 is 0. The van der Waals surface area contributed by atoms with E-state index >= 15 is 0 Å². The maximum Gasteiger partial charge on any atom is 0.193 e. The standard InChI is InChI=1S/C31H19N2.C22H12NO.Ir/c1-2-8-20(9-3-1)29(30-27-16-23-12-6-4-10-21(23)14-25(27)18-32-30)31-28-17-24-13-7-5-11-22(24)15-26(28)19-33-31;24-22-17-10-5-4-9-15(17)16-11-6-12-19-21(16)18(22)13-20(23-19)14-7-2-1-3-8-14;/h1-19H;1-7,9-13H;/q2*-1;/b30-29-;;. The van der Waals surface area contributed by atoms with E-state index in [1.54, 1.807) is 0 Å². The van der Waals surface area contributed by atoms with Gasteiger partial charge in [-0.1, -0.05) is 121 Å². The zero-order valence-electron chi connectivity index (χ0n) is 31.0. The van der Waals surface area contributed by atoms with Gasteiger partial charge >= 0.3 is 0 Å². The van der Waals surface area contributed by atoms with Crippen molar-refractivity contribution < 1.29 is 24.9 Å². The first-order valence-electron chi connectivity index (χ1n) is 19.0. The smallest absolute Gasteiger partial charge is 0.193 e. The molecule has 12 rings (SSSR count). The van der Waals surface area contributed by atoms with Crippen LogP contribution in [0.4, 0.5) is 0 Å². The van der Waals surface area contributed by atoms with E-state index in [0.29, 0.717) is 0 Å². The van der Waals surface area contributed by atoms with E-state index in [2.05, 4.69) is 115 Å². The second kappa shape index (κ2) is 14.5. The van der Waals surface area contributed by atoms with Crippen molar-refractivity contribution in [2.24, 2.45) is 4.99 Å². The first kappa shape index (κ1) is 35.4. The zero-order chi connectivity index (χ0) is 37.9. The van der Waals surface area contributed by atoms with Crippen molar-refractivity contribution in [3.05, 3.63) is 222 Å². The van der Waals surface area contributed by atoms with E-state index in [0.717, 1.165) is 88.8 Å². The van der Waals surface area contributed by atoms with Gasteiger partial charge in [-0.15, -0.1) is 41.6 Å². The molecular formula is C53H31IrN3O-2. The van der Waals surface area contributed by atoms with Gasteiger partial charge in [-0.25, -0.2) is 0 Å². The van der Waals surface area contributed by atoms with Crippen molar-refractivity contribution in [2.45, 2.75) is 0 Å².